The van der Waals surface area contributed by atoms with E-state index in [0.717, 1.165) is 39.6 Å². The van der Waals surface area contributed by atoms with E-state index in [9.17, 15) is 0 Å². The second-order valence-electron chi connectivity index (χ2n) is 7.26. The van der Waals surface area contributed by atoms with Crippen LogP contribution in [-0.4, -0.2) is 26.7 Å². The minimum Gasteiger partial charge on any atom is -0.365 e. The largest absolute Gasteiger partial charge is 0.365 e. The lowest BCUT2D eigenvalue weighted by molar-refractivity contribution is 0.00303. The highest BCUT2D eigenvalue weighted by atomic mass is 19.1. The van der Waals surface area contributed by atoms with Gasteiger partial charge < -0.3 is 10.2 Å². The molecule has 0 aliphatic carbocycles. The van der Waals surface area contributed by atoms with E-state index < -0.39 is 6.29 Å². The fraction of sp³-hybridized carbons (Fsp3) is 0.115. The van der Waals surface area contributed by atoms with E-state index in [-0.39, 0.29) is 5.82 Å². The zero-order valence-corrected chi connectivity index (χ0v) is 17.1. The van der Waals surface area contributed by atoms with Gasteiger partial charge in [-0.15, -0.1) is 0 Å². The molecule has 156 valence electrons. The second kappa shape index (κ2) is 9.08. The summed E-state index contributed by atoms with van der Waals surface area (Å²) >= 11 is 0. The molecular weight excluding hydrogens is 391 g/mol. The lowest BCUT2D eigenvalue weighted by atomic mass is 9.87. The Hall–Kier alpha value is -3.54. The number of aliphatic hydroxyl groups is 2. The lowest BCUT2D eigenvalue weighted by Crippen LogP contribution is -1.99. The molecule has 0 radical (unpaired) electrons. The van der Waals surface area contributed by atoms with Crippen molar-refractivity contribution in [1.82, 2.24) is 10.2 Å². The molecule has 4 rings (SSSR count). The summed E-state index contributed by atoms with van der Waals surface area (Å²) in [5.41, 5.74) is 5.77. The molecule has 4 aromatic rings. The van der Waals surface area contributed by atoms with Crippen LogP contribution in [0.5, 0.6) is 0 Å². The maximum Gasteiger partial charge on any atom is 0.171 e. The molecule has 0 aliphatic heterocycles. The summed E-state index contributed by atoms with van der Waals surface area (Å²) in [6.07, 6.45) is 3.58. The maximum atomic E-state index is 15.4. The number of allylic oxidation sites excluding steroid dienone is 1. The highest BCUT2D eigenvalue weighted by Gasteiger charge is 2.17. The number of hydrogen-bond acceptors (Lipinski definition) is 3. The van der Waals surface area contributed by atoms with Crippen molar-refractivity contribution >= 4 is 28.1 Å². The Morgan fingerprint density at radius 1 is 1.03 bits per heavy atom. The average molecular weight is 414 g/mol. The van der Waals surface area contributed by atoms with E-state index in [2.05, 4.69) is 17.1 Å². The van der Waals surface area contributed by atoms with Gasteiger partial charge in [-0.05, 0) is 58.5 Å². The minimum absolute atomic E-state index is 0.376. The first-order chi connectivity index (χ1) is 15.1. The Morgan fingerprint density at radius 3 is 2.55 bits per heavy atom. The molecule has 31 heavy (non-hydrogen) atoms. The Balaban J connectivity index is 1.94. The van der Waals surface area contributed by atoms with Gasteiger partial charge in [-0.1, -0.05) is 61.5 Å². The molecule has 1 aromatic heterocycles. The van der Waals surface area contributed by atoms with Crippen LogP contribution in [0.2, 0.25) is 0 Å². The predicted molar refractivity (Wildman–Crippen MR) is 122 cm³/mol. The highest BCUT2D eigenvalue weighted by Crippen LogP contribution is 2.36. The van der Waals surface area contributed by atoms with Gasteiger partial charge in [-0.3, -0.25) is 5.10 Å². The molecule has 0 atom stereocenters. The molecule has 5 heteroatoms. The fourth-order valence-electron chi connectivity index (χ4n) is 3.79. The summed E-state index contributed by atoms with van der Waals surface area (Å²) in [4.78, 5) is 0. The normalized spacial score (nSPS) is 12.7. The van der Waals surface area contributed by atoms with Crippen molar-refractivity contribution in [3.63, 3.8) is 0 Å². The Bertz CT molecular complexity index is 1260. The van der Waals surface area contributed by atoms with Crippen molar-refractivity contribution in [2.45, 2.75) is 19.6 Å². The van der Waals surface area contributed by atoms with Gasteiger partial charge in [-0.2, -0.15) is 5.10 Å². The van der Waals surface area contributed by atoms with Crippen LogP contribution in [-0.2, 0) is 0 Å². The number of aliphatic hydroxyl groups excluding tert-OH is 1. The van der Waals surface area contributed by atoms with Crippen molar-refractivity contribution in [2.75, 3.05) is 0 Å². The molecule has 0 spiro atoms. The number of aromatic amines is 1. The van der Waals surface area contributed by atoms with E-state index in [1.54, 1.807) is 18.3 Å². The Kier molecular flexibility index (Phi) is 6.07. The Labute approximate surface area is 180 Å². The van der Waals surface area contributed by atoms with E-state index in [1.807, 2.05) is 48.5 Å². The molecule has 0 amide bonds. The van der Waals surface area contributed by atoms with Crippen LogP contribution < -0.4 is 0 Å². The standard InChI is InChI=1S/C26H23FN2O2/c1-2-21(18-6-4-3-5-7-18)26(19-10-12-24-20(15-19)16-28-29-24)22-11-8-17(14-23(22)27)9-13-25(30)31/h3-16,25,30-31H,2H2,1H3,(H,28,29)/b13-9+,26-21-. The van der Waals surface area contributed by atoms with Crippen LogP contribution in [0.4, 0.5) is 4.39 Å². The molecule has 0 unspecified atom stereocenters. The zero-order chi connectivity index (χ0) is 21.8. The number of nitrogens with zero attached hydrogens (tertiary/aromatic N) is 1. The van der Waals surface area contributed by atoms with Gasteiger partial charge in [0.2, 0.25) is 0 Å². The summed E-state index contributed by atoms with van der Waals surface area (Å²) in [7, 11) is 0. The summed E-state index contributed by atoms with van der Waals surface area (Å²) < 4.78 is 15.4. The number of hydrogen-bond donors (Lipinski definition) is 3. The number of nitrogens with one attached hydrogen (secondary N) is 1. The minimum atomic E-state index is -1.58. The third-order valence-electron chi connectivity index (χ3n) is 5.23. The fourth-order valence-corrected chi connectivity index (χ4v) is 3.79. The third kappa shape index (κ3) is 4.48. The maximum absolute atomic E-state index is 15.4. The van der Waals surface area contributed by atoms with Crippen LogP contribution in [0, 0.1) is 5.82 Å². The first-order valence-corrected chi connectivity index (χ1v) is 10.1. The highest BCUT2D eigenvalue weighted by molar-refractivity contribution is 6.00. The van der Waals surface area contributed by atoms with Crippen LogP contribution in [0.25, 0.3) is 28.1 Å². The van der Waals surface area contributed by atoms with Crippen LogP contribution >= 0.6 is 0 Å². The summed E-state index contributed by atoms with van der Waals surface area (Å²) in [5, 5.41) is 26.1. The number of halogens is 1. The molecule has 1 heterocycles. The van der Waals surface area contributed by atoms with Crippen molar-refractivity contribution in [2.24, 2.45) is 0 Å². The molecule has 3 N–H and O–H groups in total. The molecule has 4 nitrogen and oxygen atoms in total. The van der Waals surface area contributed by atoms with Crippen LogP contribution in [0.1, 0.15) is 35.6 Å². The van der Waals surface area contributed by atoms with Gasteiger partial charge in [0.25, 0.3) is 0 Å². The van der Waals surface area contributed by atoms with Gasteiger partial charge in [-0.25, -0.2) is 4.39 Å². The van der Waals surface area contributed by atoms with Gasteiger partial charge in [0, 0.05) is 10.9 Å². The average Bonchev–Trinajstić information content (AvgIpc) is 3.25. The first-order valence-electron chi connectivity index (χ1n) is 10.1. The van der Waals surface area contributed by atoms with Gasteiger partial charge in [0.15, 0.2) is 6.29 Å². The summed E-state index contributed by atoms with van der Waals surface area (Å²) in [6, 6.07) is 20.9. The summed E-state index contributed by atoms with van der Waals surface area (Å²) in [5.74, 6) is -0.376. The van der Waals surface area contributed by atoms with Gasteiger partial charge >= 0.3 is 0 Å². The number of H-pyrrole nitrogens is 1. The number of benzene rings is 3. The predicted octanol–water partition coefficient (Wildman–Crippen LogP) is 5.40. The van der Waals surface area contributed by atoms with Crippen molar-refractivity contribution < 1.29 is 14.6 Å². The quantitative estimate of drug-likeness (QED) is 0.292. The zero-order valence-electron chi connectivity index (χ0n) is 17.1. The van der Waals surface area contributed by atoms with E-state index >= 15 is 4.39 Å². The van der Waals surface area contributed by atoms with E-state index in [0.29, 0.717) is 11.1 Å². The van der Waals surface area contributed by atoms with Gasteiger partial charge in [0.05, 0.1) is 11.7 Å². The third-order valence-corrected chi connectivity index (χ3v) is 5.23. The van der Waals surface area contributed by atoms with Crippen LogP contribution in [0.15, 0.2) is 79.0 Å². The van der Waals surface area contributed by atoms with Crippen molar-refractivity contribution in [3.8, 4) is 0 Å². The SMILES string of the molecule is CC/C(=C(\c1ccc2[nH]ncc2c1)c1ccc(/C=C/C(O)O)cc1F)c1ccccc1. The number of rotatable bonds is 6. The topological polar surface area (TPSA) is 69.1 Å². The van der Waals surface area contributed by atoms with E-state index in [1.165, 1.54) is 18.2 Å². The smallest absolute Gasteiger partial charge is 0.171 e. The molecule has 0 bridgehead atoms. The molecular formula is C26H23FN2O2. The second-order valence-corrected chi connectivity index (χ2v) is 7.26. The monoisotopic (exact) mass is 414 g/mol. The molecule has 0 fully saturated rings. The number of aromatic nitrogens is 2. The Morgan fingerprint density at radius 2 is 1.84 bits per heavy atom. The lowest BCUT2D eigenvalue weighted by Gasteiger charge is -2.17. The van der Waals surface area contributed by atoms with E-state index in [4.69, 9.17) is 10.2 Å². The number of fused-ring (bicyclic) bond motifs is 1. The van der Waals surface area contributed by atoms with Crippen molar-refractivity contribution in [3.05, 3.63) is 107 Å². The van der Waals surface area contributed by atoms with Crippen molar-refractivity contribution in [1.29, 1.82) is 0 Å². The molecule has 0 aliphatic rings. The molecule has 3 aromatic carbocycles. The molecule has 0 saturated carbocycles. The summed E-state index contributed by atoms with van der Waals surface area (Å²) in [6.45, 7) is 2.07. The first kappa shape index (κ1) is 20.7. The van der Waals surface area contributed by atoms with Crippen LogP contribution in [0.3, 0.4) is 0 Å². The molecule has 0 saturated heterocycles. The van der Waals surface area contributed by atoms with Gasteiger partial charge in [0.1, 0.15) is 5.82 Å².